The highest BCUT2D eigenvalue weighted by Gasteiger charge is 2.17. The summed E-state index contributed by atoms with van der Waals surface area (Å²) in [4.78, 5) is 15.2. The molecule has 1 aromatic heterocycles. The summed E-state index contributed by atoms with van der Waals surface area (Å²) in [5.41, 5.74) is 2.45. The number of ether oxygens (including phenoxy) is 1. The molecule has 0 saturated heterocycles. The molecular formula is C19H17NO4. The molecule has 3 aromatic rings. The van der Waals surface area contributed by atoms with Crippen LogP contribution in [0.3, 0.4) is 0 Å². The van der Waals surface area contributed by atoms with Crippen LogP contribution in [0.2, 0.25) is 0 Å². The van der Waals surface area contributed by atoms with Gasteiger partial charge in [-0.05, 0) is 42.7 Å². The molecule has 0 unspecified atom stereocenters. The molecule has 0 bridgehead atoms. The third-order valence-corrected chi connectivity index (χ3v) is 4.00. The molecular weight excluding hydrogens is 306 g/mol. The number of nitrogens with zero attached hydrogens (tertiary/aromatic N) is 1. The average molecular weight is 323 g/mol. The van der Waals surface area contributed by atoms with Gasteiger partial charge in [0.1, 0.15) is 5.75 Å². The fraction of sp³-hybridized carbons (Fsp3) is 0.158. The average Bonchev–Trinajstić information content (AvgIpc) is 2.58. The molecule has 0 atom stereocenters. The number of fused-ring (bicyclic) bond motifs is 1. The third kappa shape index (κ3) is 2.88. The Bertz CT molecular complexity index is 917. The van der Waals surface area contributed by atoms with Crippen molar-refractivity contribution in [2.75, 3.05) is 7.11 Å². The van der Waals surface area contributed by atoms with Gasteiger partial charge in [-0.3, -0.25) is 0 Å². The van der Waals surface area contributed by atoms with Crippen LogP contribution in [0.1, 0.15) is 27.3 Å². The van der Waals surface area contributed by atoms with Crippen molar-refractivity contribution in [3.8, 4) is 11.5 Å². The number of carboxylic acids is 1. The standard InChI is InChI=1S/C19H17NO4/c1-11-16-10-13(9-12-3-6-14(24-2)7-4-12)5-8-15(16)18(21)17(20-11)19(22)23/h3-8,10,21H,9H2,1-2H3,(H,22,23). The maximum absolute atomic E-state index is 11.1. The lowest BCUT2D eigenvalue weighted by Gasteiger charge is -2.10. The van der Waals surface area contributed by atoms with Crippen molar-refractivity contribution < 1.29 is 19.7 Å². The van der Waals surface area contributed by atoms with Gasteiger partial charge in [0, 0.05) is 16.5 Å². The molecule has 0 amide bonds. The molecule has 0 aliphatic carbocycles. The van der Waals surface area contributed by atoms with E-state index in [0.29, 0.717) is 11.1 Å². The first-order chi connectivity index (χ1) is 11.5. The Morgan fingerprint density at radius 2 is 1.75 bits per heavy atom. The van der Waals surface area contributed by atoms with E-state index in [1.165, 1.54) is 0 Å². The molecule has 0 aliphatic rings. The van der Waals surface area contributed by atoms with E-state index in [4.69, 9.17) is 9.84 Å². The minimum atomic E-state index is -1.24. The number of rotatable bonds is 4. The number of aryl methyl sites for hydroxylation is 1. The quantitative estimate of drug-likeness (QED) is 0.767. The van der Waals surface area contributed by atoms with Crippen LogP contribution in [0.4, 0.5) is 0 Å². The number of aromatic hydroxyl groups is 1. The smallest absolute Gasteiger partial charge is 0.358 e. The Labute approximate surface area is 139 Å². The SMILES string of the molecule is COc1ccc(Cc2ccc3c(O)c(C(=O)O)nc(C)c3c2)cc1. The van der Waals surface area contributed by atoms with Crippen molar-refractivity contribution >= 4 is 16.7 Å². The summed E-state index contributed by atoms with van der Waals surface area (Å²) < 4.78 is 5.15. The Morgan fingerprint density at radius 3 is 2.38 bits per heavy atom. The molecule has 0 spiro atoms. The van der Waals surface area contributed by atoms with Crippen LogP contribution < -0.4 is 4.74 Å². The van der Waals surface area contributed by atoms with Crippen molar-refractivity contribution in [3.05, 3.63) is 65.0 Å². The molecule has 5 nitrogen and oxygen atoms in total. The first kappa shape index (κ1) is 15.8. The van der Waals surface area contributed by atoms with Gasteiger partial charge in [0.15, 0.2) is 11.4 Å². The van der Waals surface area contributed by atoms with Crippen molar-refractivity contribution in [3.63, 3.8) is 0 Å². The van der Waals surface area contributed by atoms with E-state index in [2.05, 4.69) is 4.98 Å². The second-order valence-corrected chi connectivity index (χ2v) is 5.60. The summed E-state index contributed by atoms with van der Waals surface area (Å²) in [6.45, 7) is 1.74. The first-order valence-corrected chi connectivity index (χ1v) is 7.48. The lowest BCUT2D eigenvalue weighted by atomic mass is 9.99. The molecule has 2 aromatic carbocycles. The maximum Gasteiger partial charge on any atom is 0.358 e. The molecule has 1 heterocycles. The lowest BCUT2D eigenvalue weighted by molar-refractivity contribution is 0.0687. The Balaban J connectivity index is 2.00. The predicted molar refractivity (Wildman–Crippen MR) is 90.9 cm³/mol. The second-order valence-electron chi connectivity index (χ2n) is 5.60. The number of methoxy groups -OCH3 is 1. The molecule has 3 rings (SSSR count). The number of hydrogen-bond donors (Lipinski definition) is 2. The zero-order valence-corrected chi connectivity index (χ0v) is 13.4. The van der Waals surface area contributed by atoms with Gasteiger partial charge in [0.25, 0.3) is 0 Å². The highest BCUT2D eigenvalue weighted by molar-refractivity contribution is 5.99. The topological polar surface area (TPSA) is 79.7 Å². The number of hydrogen-bond acceptors (Lipinski definition) is 4. The van der Waals surface area contributed by atoms with Crippen LogP contribution in [0.15, 0.2) is 42.5 Å². The van der Waals surface area contributed by atoms with E-state index in [0.717, 1.165) is 28.7 Å². The van der Waals surface area contributed by atoms with Gasteiger partial charge in [-0.1, -0.05) is 24.3 Å². The van der Waals surface area contributed by atoms with Crippen LogP contribution in [0, 0.1) is 6.92 Å². The molecule has 0 saturated carbocycles. The van der Waals surface area contributed by atoms with Gasteiger partial charge >= 0.3 is 5.97 Å². The number of carboxylic acid groups (broad SMARTS) is 1. The monoisotopic (exact) mass is 323 g/mol. The fourth-order valence-electron chi connectivity index (χ4n) is 2.74. The fourth-order valence-corrected chi connectivity index (χ4v) is 2.74. The molecule has 0 fully saturated rings. The Kier molecular flexibility index (Phi) is 4.08. The summed E-state index contributed by atoms with van der Waals surface area (Å²) in [6.07, 6.45) is 0.723. The van der Waals surface area contributed by atoms with Crippen LogP contribution in [0.5, 0.6) is 11.5 Å². The summed E-state index contributed by atoms with van der Waals surface area (Å²) in [7, 11) is 1.63. The molecule has 0 radical (unpaired) electrons. The van der Waals surface area contributed by atoms with Gasteiger partial charge < -0.3 is 14.9 Å². The first-order valence-electron chi connectivity index (χ1n) is 7.48. The van der Waals surface area contributed by atoms with E-state index < -0.39 is 5.97 Å². The van der Waals surface area contributed by atoms with Gasteiger partial charge in [-0.15, -0.1) is 0 Å². The minimum absolute atomic E-state index is 0.293. The highest BCUT2D eigenvalue weighted by atomic mass is 16.5. The number of aromatic carboxylic acids is 1. The van der Waals surface area contributed by atoms with Crippen molar-refractivity contribution in [1.82, 2.24) is 4.98 Å². The highest BCUT2D eigenvalue weighted by Crippen LogP contribution is 2.30. The van der Waals surface area contributed by atoms with E-state index in [1.54, 1.807) is 20.1 Å². The number of aromatic nitrogens is 1. The molecule has 5 heteroatoms. The minimum Gasteiger partial charge on any atom is -0.505 e. The summed E-state index contributed by atoms with van der Waals surface area (Å²) >= 11 is 0. The van der Waals surface area contributed by atoms with Gasteiger partial charge in [0.2, 0.25) is 0 Å². The van der Waals surface area contributed by atoms with Crippen LogP contribution in [-0.2, 0) is 6.42 Å². The molecule has 24 heavy (non-hydrogen) atoms. The van der Waals surface area contributed by atoms with Crippen LogP contribution >= 0.6 is 0 Å². The maximum atomic E-state index is 11.1. The molecule has 0 aliphatic heterocycles. The van der Waals surface area contributed by atoms with Crippen molar-refractivity contribution in [1.29, 1.82) is 0 Å². The van der Waals surface area contributed by atoms with Crippen LogP contribution in [0.25, 0.3) is 10.8 Å². The molecule has 2 N–H and O–H groups in total. The van der Waals surface area contributed by atoms with Crippen LogP contribution in [-0.4, -0.2) is 28.3 Å². The van der Waals surface area contributed by atoms with Crippen molar-refractivity contribution in [2.45, 2.75) is 13.3 Å². The van der Waals surface area contributed by atoms with E-state index >= 15 is 0 Å². The number of pyridine rings is 1. The normalized spacial score (nSPS) is 10.8. The predicted octanol–water partition coefficient (Wildman–Crippen LogP) is 3.55. The largest absolute Gasteiger partial charge is 0.505 e. The van der Waals surface area contributed by atoms with Gasteiger partial charge in [0.05, 0.1) is 7.11 Å². The molecule has 122 valence electrons. The zero-order valence-electron chi connectivity index (χ0n) is 13.4. The third-order valence-electron chi connectivity index (χ3n) is 4.00. The van der Waals surface area contributed by atoms with E-state index in [1.807, 2.05) is 36.4 Å². The zero-order chi connectivity index (χ0) is 17.3. The van der Waals surface area contributed by atoms with Crippen molar-refractivity contribution in [2.24, 2.45) is 0 Å². The van der Waals surface area contributed by atoms with E-state index in [-0.39, 0.29) is 11.4 Å². The Morgan fingerprint density at radius 1 is 1.08 bits per heavy atom. The lowest BCUT2D eigenvalue weighted by Crippen LogP contribution is -2.03. The Hall–Kier alpha value is -3.08. The summed E-state index contributed by atoms with van der Waals surface area (Å²) in [6, 6.07) is 13.4. The summed E-state index contributed by atoms with van der Waals surface area (Å²) in [5.74, 6) is -0.720. The van der Waals surface area contributed by atoms with E-state index in [9.17, 15) is 9.90 Å². The number of benzene rings is 2. The summed E-state index contributed by atoms with van der Waals surface area (Å²) in [5, 5.41) is 20.5. The second kappa shape index (κ2) is 6.20. The van der Waals surface area contributed by atoms with Gasteiger partial charge in [-0.2, -0.15) is 0 Å². The number of carbonyl (C=O) groups is 1. The van der Waals surface area contributed by atoms with Gasteiger partial charge in [-0.25, -0.2) is 9.78 Å².